The van der Waals surface area contributed by atoms with Gasteiger partial charge >= 0.3 is 0 Å². The molecule has 6 fully saturated rings. The van der Waals surface area contributed by atoms with Gasteiger partial charge in [-0.1, -0.05) is 12.1 Å². The second kappa shape index (κ2) is 8.75. The second-order valence-corrected chi connectivity index (χ2v) is 12.8. The molecule has 38 heavy (non-hydrogen) atoms. The number of hydrogen-bond donors (Lipinski definition) is 2. The maximum Gasteiger partial charge on any atom is 0.255 e. The number of carbonyl (C=O) groups is 2. The first kappa shape index (κ1) is 24.1. The molecule has 200 valence electrons. The van der Waals surface area contributed by atoms with E-state index in [1.54, 1.807) is 14.2 Å². The number of hydrogen-bond acceptors (Lipinski definition) is 4. The van der Waals surface area contributed by atoms with E-state index in [1.165, 1.54) is 43.2 Å². The first-order valence-corrected chi connectivity index (χ1v) is 14.4. The third-order valence-corrected chi connectivity index (χ3v) is 10.00. The van der Waals surface area contributed by atoms with E-state index in [0.717, 1.165) is 32.1 Å². The summed E-state index contributed by atoms with van der Waals surface area (Å²) in [7, 11) is 3.28. The molecular formula is C32H38N2O4. The van der Waals surface area contributed by atoms with Gasteiger partial charge in [0.15, 0.2) is 0 Å². The van der Waals surface area contributed by atoms with E-state index >= 15 is 0 Å². The average molecular weight is 515 g/mol. The predicted octanol–water partition coefficient (Wildman–Crippen LogP) is 5.28. The minimum absolute atomic E-state index is 0.0212. The Kier molecular flexibility index (Phi) is 5.54. The molecule has 0 aromatic heterocycles. The Bertz CT molecular complexity index is 1180. The minimum atomic E-state index is -0.0212. The van der Waals surface area contributed by atoms with E-state index in [4.69, 9.17) is 9.47 Å². The van der Waals surface area contributed by atoms with E-state index < -0.39 is 0 Å². The molecule has 2 aromatic carbocycles. The van der Waals surface area contributed by atoms with Crippen molar-refractivity contribution < 1.29 is 19.1 Å². The molecular weight excluding hydrogens is 476 g/mol. The highest BCUT2D eigenvalue weighted by atomic mass is 16.5. The van der Waals surface area contributed by atoms with E-state index in [0.29, 0.717) is 46.5 Å². The van der Waals surface area contributed by atoms with Crippen molar-refractivity contribution in [3.8, 4) is 11.5 Å². The SMILES string of the molecule is COc1ccc(C23CC4CC(C2)CC(c2ccc(OC)c(C(=O)NC5CC5)c2)(C4)C3)cc1C(=O)NC1CC1. The van der Waals surface area contributed by atoms with E-state index in [1.807, 2.05) is 12.1 Å². The molecule has 0 radical (unpaired) electrons. The topological polar surface area (TPSA) is 76.7 Å². The summed E-state index contributed by atoms with van der Waals surface area (Å²) >= 11 is 0. The smallest absolute Gasteiger partial charge is 0.255 e. The summed E-state index contributed by atoms with van der Waals surface area (Å²) in [4.78, 5) is 26.3. The molecule has 0 heterocycles. The average Bonchev–Trinajstić information content (AvgIpc) is 3.85. The number of amides is 2. The second-order valence-electron chi connectivity index (χ2n) is 12.8. The summed E-state index contributed by atoms with van der Waals surface area (Å²) in [6.45, 7) is 0. The van der Waals surface area contributed by atoms with Crippen LogP contribution in [0.5, 0.6) is 11.5 Å². The van der Waals surface area contributed by atoms with E-state index in [-0.39, 0.29) is 22.6 Å². The molecule has 2 aromatic rings. The van der Waals surface area contributed by atoms with Gasteiger partial charge in [0.25, 0.3) is 11.8 Å². The fourth-order valence-electron chi connectivity index (χ4n) is 8.35. The third kappa shape index (κ3) is 4.07. The maximum absolute atomic E-state index is 13.1. The number of nitrogens with one attached hydrogen (secondary N) is 2. The molecule has 6 heteroatoms. The van der Waals surface area contributed by atoms with Crippen molar-refractivity contribution in [3.63, 3.8) is 0 Å². The minimum Gasteiger partial charge on any atom is -0.496 e. The lowest BCUT2D eigenvalue weighted by Gasteiger charge is -2.63. The van der Waals surface area contributed by atoms with Crippen LogP contribution in [0.4, 0.5) is 0 Å². The predicted molar refractivity (Wildman–Crippen MR) is 145 cm³/mol. The Labute approximate surface area is 224 Å². The molecule has 0 unspecified atom stereocenters. The first-order valence-electron chi connectivity index (χ1n) is 14.4. The number of ether oxygens (including phenoxy) is 2. The van der Waals surface area contributed by atoms with Crippen molar-refractivity contribution >= 4 is 11.8 Å². The quantitative estimate of drug-likeness (QED) is 0.503. The largest absolute Gasteiger partial charge is 0.496 e. The molecule has 4 bridgehead atoms. The molecule has 6 nitrogen and oxygen atoms in total. The van der Waals surface area contributed by atoms with Gasteiger partial charge in [-0.3, -0.25) is 9.59 Å². The Morgan fingerprint density at radius 2 is 1.13 bits per heavy atom. The molecule has 2 N–H and O–H groups in total. The summed E-state index contributed by atoms with van der Waals surface area (Å²) in [6, 6.07) is 13.3. The van der Waals surface area contributed by atoms with Crippen molar-refractivity contribution in [1.82, 2.24) is 10.6 Å². The zero-order chi connectivity index (χ0) is 26.1. The highest BCUT2D eigenvalue weighted by Crippen LogP contribution is 2.66. The molecule has 6 saturated carbocycles. The highest BCUT2D eigenvalue weighted by Gasteiger charge is 2.58. The zero-order valence-electron chi connectivity index (χ0n) is 22.5. The van der Waals surface area contributed by atoms with Crippen LogP contribution in [-0.2, 0) is 10.8 Å². The van der Waals surface area contributed by atoms with Crippen LogP contribution in [0.3, 0.4) is 0 Å². The molecule has 0 aliphatic heterocycles. The van der Waals surface area contributed by atoms with Crippen LogP contribution in [0, 0.1) is 11.8 Å². The number of methoxy groups -OCH3 is 2. The molecule has 2 amide bonds. The van der Waals surface area contributed by atoms with Crippen molar-refractivity contribution in [2.45, 2.75) is 87.1 Å². The van der Waals surface area contributed by atoms with Gasteiger partial charge < -0.3 is 20.1 Å². The molecule has 0 saturated heterocycles. The fourth-order valence-corrected chi connectivity index (χ4v) is 8.35. The Morgan fingerprint density at radius 1 is 0.711 bits per heavy atom. The summed E-state index contributed by atoms with van der Waals surface area (Å²) in [5.74, 6) is 2.57. The van der Waals surface area contributed by atoms with Crippen LogP contribution < -0.4 is 20.1 Å². The monoisotopic (exact) mass is 514 g/mol. The van der Waals surface area contributed by atoms with Crippen molar-refractivity contribution in [2.24, 2.45) is 11.8 Å². The molecule has 0 atom stereocenters. The van der Waals surface area contributed by atoms with Gasteiger partial charge in [-0.15, -0.1) is 0 Å². The fraction of sp³-hybridized carbons (Fsp3) is 0.562. The lowest BCUT2D eigenvalue weighted by atomic mass is 9.41. The Balaban J connectivity index is 1.25. The third-order valence-electron chi connectivity index (χ3n) is 10.00. The van der Waals surface area contributed by atoms with Gasteiger partial charge in [-0.2, -0.15) is 0 Å². The number of carbonyl (C=O) groups excluding carboxylic acids is 2. The van der Waals surface area contributed by atoms with Crippen LogP contribution in [-0.4, -0.2) is 38.1 Å². The highest BCUT2D eigenvalue weighted by molar-refractivity contribution is 5.98. The van der Waals surface area contributed by atoms with Crippen molar-refractivity contribution in [1.29, 1.82) is 0 Å². The maximum atomic E-state index is 13.1. The normalized spacial score (nSPS) is 31.1. The van der Waals surface area contributed by atoms with Gasteiger partial charge in [-0.05, 0) is 122 Å². The Hall–Kier alpha value is -3.02. The van der Waals surface area contributed by atoms with Gasteiger partial charge in [-0.25, -0.2) is 0 Å². The van der Waals surface area contributed by atoms with Crippen LogP contribution in [0.25, 0.3) is 0 Å². The zero-order valence-corrected chi connectivity index (χ0v) is 22.5. The summed E-state index contributed by atoms with van der Waals surface area (Å²) in [5.41, 5.74) is 3.95. The lowest BCUT2D eigenvalue weighted by molar-refractivity contribution is -0.0281. The van der Waals surface area contributed by atoms with Crippen molar-refractivity contribution in [3.05, 3.63) is 58.7 Å². The first-order chi connectivity index (χ1) is 18.4. The molecule has 8 rings (SSSR count). The number of benzene rings is 2. The van der Waals surface area contributed by atoms with Crippen LogP contribution in [0.15, 0.2) is 36.4 Å². The number of rotatable bonds is 8. The van der Waals surface area contributed by atoms with Gasteiger partial charge in [0.1, 0.15) is 11.5 Å². The van der Waals surface area contributed by atoms with Crippen LogP contribution in [0.2, 0.25) is 0 Å². The van der Waals surface area contributed by atoms with Gasteiger partial charge in [0, 0.05) is 12.1 Å². The Morgan fingerprint density at radius 3 is 1.50 bits per heavy atom. The molecule has 0 spiro atoms. The van der Waals surface area contributed by atoms with Gasteiger partial charge in [0.05, 0.1) is 25.3 Å². The van der Waals surface area contributed by atoms with E-state index in [2.05, 4.69) is 34.9 Å². The summed E-state index contributed by atoms with van der Waals surface area (Å²) in [6.07, 6.45) is 11.3. The van der Waals surface area contributed by atoms with E-state index in [9.17, 15) is 9.59 Å². The van der Waals surface area contributed by atoms with Crippen LogP contribution >= 0.6 is 0 Å². The summed E-state index contributed by atoms with van der Waals surface area (Å²) < 4.78 is 11.2. The van der Waals surface area contributed by atoms with Gasteiger partial charge in [0.2, 0.25) is 0 Å². The molecule has 6 aliphatic carbocycles. The molecule has 6 aliphatic rings. The van der Waals surface area contributed by atoms with Crippen LogP contribution in [0.1, 0.15) is 96.1 Å². The standard InChI is InChI=1S/C32H38N2O4/c1-37-27-9-3-21(12-25(27)29(35)33-23-5-6-23)31-14-19-11-20(15-31)17-32(16-19,18-31)22-4-10-28(38-2)26(13-22)30(36)34-24-7-8-24/h3-4,9-10,12-13,19-20,23-24H,5-8,11,14-18H2,1-2H3,(H,33,35)(H,34,36). The summed E-state index contributed by atoms with van der Waals surface area (Å²) in [5, 5.41) is 6.31. The lowest BCUT2D eigenvalue weighted by Crippen LogP contribution is -2.56. The van der Waals surface area contributed by atoms with Crippen molar-refractivity contribution in [2.75, 3.05) is 14.2 Å².